The Morgan fingerprint density at radius 2 is 1.96 bits per heavy atom. The van der Waals surface area contributed by atoms with Crippen LogP contribution in [0.5, 0.6) is 0 Å². The van der Waals surface area contributed by atoms with Gasteiger partial charge in [-0.3, -0.25) is 4.79 Å². The van der Waals surface area contributed by atoms with E-state index >= 15 is 0 Å². The van der Waals surface area contributed by atoms with Crippen LogP contribution in [0.3, 0.4) is 0 Å². The fourth-order valence-electron chi connectivity index (χ4n) is 3.80. The van der Waals surface area contributed by atoms with Crippen molar-refractivity contribution in [3.63, 3.8) is 0 Å². The Kier molecular flexibility index (Phi) is 5.30. The van der Waals surface area contributed by atoms with E-state index < -0.39 is 0 Å². The number of hydrogen-bond donors (Lipinski definition) is 1. The van der Waals surface area contributed by atoms with E-state index in [1.54, 1.807) is 19.0 Å². The molecular weight excluding hydrogens is 312 g/mol. The SMILES string of the molecule is CCNC(=NCc1ccc(C(=O)N(C)C)cc1)N1CCC2(CCC2)C1. The average Bonchev–Trinajstić information content (AvgIpc) is 3.04. The van der Waals surface area contributed by atoms with Gasteiger partial charge >= 0.3 is 0 Å². The first-order valence-corrected chi connectivity index (χ1v) is 9.37. The summed E-state index contributed by atoms with van der Waals surface area (Å²) in [5.41, 5.74) is 2.42. The molecule has 1 aliphatic carbocycles. The molecule has 0 aromatic heterocycles. The van der Waals surface area contributed by atoms with Crippen LogP contribution >= 0.6 is 0 Å². The number of hydrogen-bond acceptors (Lipinski definition) is 2. The van der Waals surface area contributed by atoms with E-state index in [0.29, 0.717) is 12.0 Å². The average molecular weight is 342 g/mol. The predicted molar refractivity (Wildman–Crippen MR) is 102 cm³/mol. The minimum absolute atomic E-state index is 0.0336. The molecule has 1 aromatic rings. The van der Waals surface area contributed by atoms with Crippen molar-refractivity contribution in [1.82, 2.24) is 15.1 Å². The van der Waals surface area contributed by atoms with Crippen molar-refractivity contribution in [1.29, 1.82) is 0 Å². The van der Waals surface area contributed by atoms with Gasteiger partial charge in [-0.1, -0.05) is 18.6 Å². The maximum absolute atomic E-state index is 12.0. The van der Waals surface area contributed by atoms with Crippen LogP contribution < -0.4 is 5.32 Å². The van der Waals surface area contributed by atoms with Gasteiger partial charge in [-0.25, -0.2) is 4.99 Å². The lowest BCUT2D eigenvalue weighted by molar-refractivity contribution is 0.0827. The normalized spacial score (nSPS) is 19.0. The number of likely N-dealkylation sites (tertiary alicyclic amines) is 1. The molecule has 1 saturated carbocycles. The van der Waals surface area contributed by atoms with E-state index in [4.69, 9.17) is 4.99 Å². The van der Waals surface area contributed by atoms with Crippen molar-refractivity contribution in [3.05, 3.63) is 35.4 Å². The van der Waals surface area contributed by atoms with Crippen LogP contribution in [0.25, 0.3) is 0 Å². The van der Waals surface area contributed by atoms with Gasteiger partial charge in [0.1, 0.15) is 0 Å². The highest BCUT2D eigenvalue weighted by molar-refractivity contribution is 5.93. The predicted octanol–water partition coefficient (Wildman–Crippen LogP) is 2.73. The number of aliphatic imine (C=N–C) groups is 1. The third-order valence-electron chi connectivity index (χ3n) is 5.51. The Bertz CT molecular complexity index is 632. The first-order chi connectivity index (χ1) is 12.0. The summed E-state index contributed by atoms with van der Waals surface area (Å²) >= 11 is 0. The molecule has 1 aromatic carbocycles. The van der Waals surface area contributed by atoms with Crippen LogP contribution in [0, 0.1) is 5.41 Å². The van der Waals surface area contributed by atoms with Gasteiger partial charge in [0.15, 0.2) is 5.96 Å². The summed E-state index contributed by atoms with van der Waals surface area (Å²) in [5, 5.41) is 3.44. The molecule has 5 nitrogen and oxygen atoms in total. The Morgan fingerprint density at radius 1 is 1.24 bits per heavy atom. The first-order valence-electron chi connectivity index (χ1n) is 9.37. The second-order valence-electron chi connectivity index (χ2n) is 7.59. The zero-order chi connectivity index (χ0) is 17.9. The lowest BCUT2D eigenvalue weighted by Gasteiger charge is -2.38. The summed E-state index contributed by atoms with van der Waals surface area (Å²) in [5.74, 6) is 1.06. The van der Waals surface area contributed by atoms with Gasteiger partial charge in [0.2, 0.25) is 0 Å². The molecule has 0 radical (unpaired) electrons. The van der Waals surface area contributed by atoms with Gasteiger partial charge in [0.05, 0.1) is 6.54 Å². The number of nitrogens with zero attached hydrogens (tertiary/aromatic N) is 3. The quantitative estimate of drug-likeness (QED) is 0.676. The molecule has 0 unspecified atom stereocenters. The van der Waals surface area contributed by atoms with Crippen LogP contribution in [-0.4, -0.2) is 55.4 Å². The van der Waals surface area contributed by atoms with Crippen LogP contribution in [-0.2, 0) is 6.54 Å². The lowest BCUT2D eigenvalue weighted by atomic mass is 9.68. The molecule has 0 atom stereocenters. The van der Waals surface area contributed by atoms with Gasteiger partial charge in [-0.15, -0.1) is 0 Å². The van der Waals surface area contributed by atoms with Crippen LogP contribution in [0.1, 0.15) is 48.5 Å². The summed E-state index contributed by atoms with van der Waals surface area (Å²) in [7, 11) is 3.54. The zero-order valence-corrected chi connectivity index (χ0v) is 15.7. The zero-order valence-electron chi connectivity index (χ0n) is 15.7. The molecular formula is C20H30N4O. The molecule has 1 N–H and O–H groups in total. The van der Waals surface area contributed by atoms with E-state index in [2.05, 4.69) is 17.1 Å². The standard InChI is InChI=1S/C20H30N4O/c1-4-21-19(24-13-12-20(15-24)10-5-11-20)22-14-16-6-8-17(9-7-16)18(25)23(2)3/h6-9H,4-5,10-15H2,1-3H3,(H,21,22). The molecule has 0 bridgehead atoms. The summed E-state index contributed by atoms with van der Waals surface area (Å²) in [6, 6.07) is 7.78. The highest BCUT2D eigenvalue weighted by Crippen LogP contribution is 2.47. The minimum Gasteiger partial charge on any atom is -0.357 e. The number of nitrogens with one attached hydrogen (secondary N) is 1. The summed E-state index contributed by atoms with van der Waals surface area (Å²) in [6.45, 7) is 5.91. The van der Waals surface area contributed by atoms with E-state index in [1.165, 1.54) is 25.7 Å². The molecule has 1 saturated heterocycles. The van der Waals surface area contributed by atoms with Crippen molar-refractivity contribution in [2.24, 2.45) is 10.4 Å². The first kappa shape index (κ1) is 17.8. The molecule has 3 rings (SSSR count). The monoisotopic (exact) mass is 342 g/mol. The topological polar surface area (TPSA) is 47.9 Å². The number of rotatable bonds is 4. The fourth-order valence-corrected chi connectivity index (χ4v) is 3.80. The van der Waals surface area contributed by atoms with E-state index in [-0.39, 0.29) is 5.91 Å². The van der Waals surface area contributed by atoms with Crippen LogP contribution in [0.15, 0.2) is 29.3 Å². The Labute approximate surface area is 151 Å². The third-order valence-corrected chi connectivity index (χ3v) is 5.51. The van der Waals surface area contributed by atoms with Gasteiger partial charge in [-0.2, -0.15) is 0 Å². The van der Waals surface area contributed by atoms with Crippen molar-refractivity contribution in [3.8, 4) is 0 Å². The molecule has 5 heteroatoms. The largest absolute Gasteiger partial charge is 0.357 e. The minimum atomic E-state index is 0.0336. The van der Waals surface area contributed by atoms with Gasteiger partial charge in [-0.05, 0) is 49.3 Å². The third kappa shape index (κ3) is 3.97. The molecule has 136 valence electrons. The molecule has 2 aliphatic rings. The van der Waals surface area contributed by atoms with Gasteiger partial charge < -0.3 is 15.1 Å². The second-order valence-corrected chi connectivity index (χ2v) is 7.59. The Hall–Kier alpha value is -2.04. The molecule has 25 heavy (non-hydrogen) atoms. The Balaban J connectivity index is 1.64. The summed E-state index contributed by atoms with van der Waals surface area (Å²) in [4.78, 5) is 20.8. The van der Waals surface area contributed by atoms with Crippen LogP contribution in [0.4, 0.5) is 0 Å². The van der Waals surface area contributed by atoms with Gasteiger partial charge in [0.25, 0.3) is 5.91 Å². The molecule has 1 spiro atoms. The number of guanidine groups is 1. The highest BCUT2D eigenvalue weighted by atomic mass is 16.2. The fraction of sp³-hybridized carbons (Fsp3) is 0.600. The lowest BCUT2D eigenvalue weighted by Crippen LogP contribution is -2.42. The van der Waals surface area contributed by atoms with E-state index in [0.717, 1.165) is 36.7 Å². The maximum Gasteiger partial charge on any atom is 0.253 e. The van der Waals surface area contributed by atoms with Crippen molar-refractivity contribution in [2.75, 3.05) is 33.7 Å². The molecule has 1 amide bonds. The molecule has 1 heterocycles. The Morgan fingerprint density at radius 3 is 2.48 bits per heavy atom. The number of benzene rings is 1. The number of carbonyl (C=O) groups excluding carboxylic acids is 1. The molecule has 1 aliphatic heterocycles. The smallest absolute Gasteiger partial charge is 0.253 e. The number of amides is 1. The van der Waals surface area contributed by atoms with Crippen molar-refractivity contribution < 1.29 is 4.79 Å². The summed E-state index contributed by atoms with van der Waals surface area (Å²) < 4.78 is 0. The number of carbonyl (C=O) groups is 1. The summed E-state index contributed by atoms with van der Waals surface area (Å²) in [6.07, 6.45) is 5.45. The highest BCUT2D eigenvalue weighted by Gasteiger charge is 2.43. The second kappa shape index (κ2) is 7.46. The van der Waals surface area contributed by atoms with E-state index in [9.17, 15) is 4.79 Å². The van der Waals surface area contributed by atoms with Gasteiger partial charge in [0, 0.05) is 39.3 Å². The molecule has 2 fully saturated rings. The van der Waals surface area contributed by atoms with Crippen LogP contribution in [0.2, 0.25) is 0 Å². The maximum atomic E-state index is 12.0. The van der Waals surface area contributed by atoms with E-state index in [1.807, 2.05) is 24.3 Å². The van der Waals surface area contributed by atoms with Crippen molar-refractivity contribution in [2.45, 2.75) is 39.2 Å². The van der Waals surface area contributed by atoms with Crippen molar-refractivity contribution >= 4 is 11.9 Å².